The van der Waals surface area contributed by atoms with Crippen molar-refractivity contribution in [1.82, 2.24) is 19.8 Å². The highest BCUT2D eigenvalue weighted by Gasteiger charge is 2.39. The lowest BCUT2D eigenvalue weighted by molar-refractivity contribution is -0.131. The molecule has 146 valence electrons. The van der Waals surface area contributed by atoms with E-state index in [1.165, 1.54) is 23.1 Å². The van der Waals surface area contributed by atoms with Crippen LogP contribution in [0.15, 0.2) is 29.2 Å². The number of benzene rings is 1. The molecule has 9 nitrogen and oxygen atoms in total. The molecule has 2 fully saturated rings. The molecule has 0 saturated carbocycles. The number of carbonyl (C=O) groups is 3. The molecule has 27 heavy (non-hydrogen) atoms. The van der Waals surface area contributed by atoms with Crippen molar-refractivity contribution in [3.05, 3.63) is 29.3 Å². The summed E-state index contributed by atoms with van der Waals surface area (Å²) in [5.41, 5.74) is 0. The first kappa shape index (κ1) is 19.6. The highest BCUT2D eigenvalue weighted by atomic mass is 35.5. The van der Waals surface area contributed by atoms with Crippen LogP contribution in [0.1, 0.15) is 12.8 Å². The van der Waals surface area contributed by atoms with Gasteiger partial charge >= 0.3 is 6.03 Å². The SMILES string of the molecule is O=C(CCNS(=O)(=O)c1cccc(Cl)c1)N1CCC(N2C(=O)CNC2=O)C1. The molecule has 11 heteroatoms. The molecule has 0 aliphatic carbocycles. The monoisotopic (exact) mass is 414 g/mol. The van der Waals surface area contributed by atoms with Crippen LogP contribution in [0.2, 0.25) is 5.02 Å². The van der Waals surface area contributed by atoms with E-state index in [0.29, 0.717) is 18.0 Å². The van der Waals surface area contributed by atoms with Crippen molar-refractivity contribution in [1.29, 1.82) is 0 Å². The molecular weight excluding hydrogens is 396 g/mol. The number of rotatable bonds is 6. The van der Waals surface area contributed by atoms with Crippen LogP contribution < -0.4 is 10.0 Å². The molecule has 2 N–H and O–H groups in total. The van der Waals surface area contributed by atoms with E-state index < -0.39 is 16.1 Å². The Morgan fingerprint density at radius 2 is 2.11 bits per heavy atom. The third kappa shape index (κ3) is 4.40. The third-order valence-electron chi connectivity index (χ3n) is 4.50. The molecule has 0 spiro atoms. The zero-order chi connectivity index (χ0) is 19.6. The number of sulfonamides is 1. The fraction of sp³-hybridized carbons (Fsp3) is 0.438. The van der Waals surface area contributed by atoms with Crippen LogP contribution in [-0.2, 0) is 19.6 Å². The molecule has 0 radical (unpaired) electrons. The molecule has 3 rings (SSSR count). The minimum atomic E-state index is -3.75. The van der Waals surface area contributed by atoms with Crippen LogP contribution in [0.4, 0.5) is 4.79 Å². The van der Waals surface area contributed by atoms with Gasteiger partial charge in [0, 0.05) is 31.1 Å². The lowest BCUT2D eigenvalue weighted by Crippen LogP contribution is -2.43. The summed E-state index contributed by atoms with van der Waals surface area (Å²) in [6.07, 6.45) is 0.492. The zero-order valence-electron chi connectivity index (χ0n) is 14.4. The number of urea groups is 1. The Morgan fingerprint density at radius 3 is 2.78 bits per heavy atom. The van der Waals surface area contributed by atoms with Crippen LogP contribution in [0.5, 0.6) is 0 Å². The van der Waals surface area contributed by atoms with E-state index in [2.05, 4.69) is 10.0 Å². The summed E-state index contributed by atoms with van der Waals surface area (Å²) in [6.45, 7) is 0.604. The van der Waals surface area contributed by atoms with E-state index in [-0.39, 0.29) is 48.8 Å². The Bertz CT molecular complexity index is 859. The largest absolute Gasteiger partial charge is 0.340 e. The maximum absolute atomic E-state index is 12.3. The summed E-state index contributed by atoms with van der Waals surface area (Å²) in [6, 6.07) is 5.07. The standard InChI is InChI=1S/C16H19ClN4O5S/c17-11-2-1-3-13(8-11)27(25,26)19-6-4-14(22)20-7-5-12(10-20)21-15(23)9-18-16(21)24/h1-3,8,12,19H,4-7,9-10H2,(H,18,24). The summed E-state index contributed by atoms with van der Waals surface area (Å²) >= 11 is 5.80. The number of hydrogen-bond acceptors (Lipinski definition) is 5. The molecule has 1 atom stereocenters. The second-order valence-corrected chi connectivity index (χ2v) is 8.51. The normalized spacial score (nSPS) is 20.3. The predicted octanol–water partition coefficient (Wildman–Crippen LogP) is 0.161. The summed E-state index contributed by atoms with van der Waals surface area (Å²) < 4.78 is 26.8. The first-order valence-corrected chi connectivity index (χ1v) is 10.3. The fourth-order valence-electron chi connectivity index (χ4n) is 3.15. The highest BCUT2D eigenvalue weighted by molar-refractivity contribution is 7.89. The minimum absolute atomic E-state index is 0.0193. The summed E-state index contributed by atoms with van der Waals surface area (Å²) in [4.78, 5) is 38.5. The Hall–Kier alpha value is -2.17. The van der Waals surface area contributed by atoms with Gasteiger partial charge in [-0.05, 0) is 24.6 Å². The number of halogens is 1. The van der Waals surface area contributed by atoms with Gasteiger partial charge in [-0.1, -0.05) is 17.7 Å². The molecule has 2 saturated heterocycles. The van der Waals surface area contributed by atoms with Crippen LogP contribution >= 0.6 is 11.6 Å². The van der Waals surface area contributed by atoms with E-state index in [9.17, 15) is 22.8 Å². The maximum Gasteiger partial charge on any atom is 0.324 e. The average molecular weight is 415 g/mol. The number of hydrogen-bond donors (Lipinski definition) is 2. The zero-order valence-corrected chi connectivity index (χ0v) is 15.9. The molecule has 2 aliphatic heterocycles. The second kappa shape index (κ2) is 7.83. The molecule has 4 amide bonds. The number of nitrogens with zero attached hydrogens (tertiary/aromatic N) is 2. The molecule has 1 unspecified atom stereocenters. The summed E-state index contributed by atoms with van der Waals surface area (Å²) in [5, 5.41) is 2.76. The Kier molecular flexibility index (Phi) is 5.68. The second-order valence-electron chi connectivity index (χ2n) is 6.31. The molecule has 2 heterocycles. The van der Waals surface area contributed by atoms with E-state index in [1.807, 2.05) is 0 Å². The van der Waals surface area contributed by atoms with Crippen LogP contribution in [-0.4, -0.2) is 68.3 Å². The van der Waals surface area contributed by atoms with Gasteiger partial charge in [0.15, 0.2) is 0 Å². The molecule has 0 bridgehead atoms. The number of nitrogens with one attached hydrogen (secondary N) is 2. The van der Waals surface area contributed by atoms with Crippen molar-refractivity contribution >= 4 is 39.5 Å². The average Bonchev–Trinajstić information content (AvgIpc) is 3.21. The summed E-state index contributed by atoms with van der Waals surface area (Å²) in [7, 11) is -3.75. The number of imide groups is 1. The maximum atomic E-state index is 12.3. The third-order valence-corrected chi connectivity index (χ3v) is 6.19. The van der Waals surface area contributed by atoms with Gasteiger partial charge in [-0.2, -0.15) is 0 Å². The van der Waals surface area contributed by atoms with Gasteiger partial charge in [-0.3, -0.25) is 14.5 Å². The Balaban J connectivity index is 1.50. The predicted molar refractivity (Wildman–Crippen MR) is 96.5 cm³/mol. The summed E-state index contributed by atoms with van der Waals surface area (Å²) in [5.74, 6) is -0.535. The van der Waals surface area contributed by atoms with Crippen LogP contribution in [0, 0.1) is 0 Å². The lowest BCUT2D eigenvalue weighted by atomic mass is 10.2. The number of likely N-dealkylation sites (tertiary alicyclic amines) is 1. The van der Waals surface area contributed by atoms with Gasteiger partial charge < -0.3 is 10.2 Å². The fourth-order valence-corrected chi connectivity index (χ4v) is 4.48. The first-order chi connectivity index (χ1) is 12.8. The smallest absolute Gasteiger partial charge is 0.324 e. The topological polar surface area (TPSA) is 116 Å². The van der Waals surface area contributed by atoms with Crippen molar-refractivity contribution in [2.45, 2.75) is 23.8 Å². The van der Waals surface area contributed by atoms with Gasteiger partial charge in [-0.25, -0.2) is 17.9 Å². The van der Waals surface area contributed by atoms with Crippen LogP contribution in [0.3, 0.4) is 0 Å². The molecule has 0 aromatic heterocycles. The molecular formula is C16H19ClN4O5S. The molecule has 1 aromatic carbocycles. The van der Waals surface area contributed by atoms with E-state index in [1.54, 1.807) is 6.07 Å². The van der Waals surface area contributed by atoms with Gasteiger partial charge in [0.25, 0.3) is 0 Å². The van der Waals surface area contributed by atoms with Gasteiger partial charge in [-0.15, -0.1) is 0 Å². The quantitative estimate of drug-likeness (QED) is 0.643. The van der Waals surface area contributed by atoms with Crippen LogP contribution in [0.25, 0.3) is 0 Å². The molecule has 2 aliphatic rings. The number of carbonyl (C=O) groups excluding carboxylic acids is 3. The molecule has 1 aromatic rings. The van der Waals surface area contributed by atoms with Gasteiger partial charge in [0.1, 0.15) is 0 Å². The van der Waals surface area contributed by atoms with Gasteiger partial charge in [0.2, 0.25) is 21.8 Å². The number of amides is 4. The van der Waals surface area contributed by atoms with E-state index >= 15 is 0 Å². The van der Waals surface area contributed by atoms with E-state index in [0.717, 1.165) is 4.90 Å². The van der Waals surface area contributed by atoms with Crippen molar-refractivity contribution < 1.29 is 22.8 Å². The van der Waals surface area contributed by atoms with Crippen molar-refractivity contribution in [2.75, 3.05) is 26.2 Å². The lowest BCUT2D eigenvalue weighted by Gasteiger charge is -2.21. The minimum Gasteiger partial charge on any atom is -0.340 e. The first-order valence-electron chi connectivity index (χ1n) is 8.41. The van der Waals surface area contributed by atoms with Crippen molar-refractivity contribution in [3.63, 3.8) is 0 Å². The van der Waals surface area contributed by atoms with Crippen molar-refractivity contribution in [3.8, 4) is 0 Å². The Labute approximate surface area is 161 Å². The Morgan fingerprint density at radius 1 is 1.33 bits per heavy atom. The van der Waals surface area contributed by atoms with Crippen molar-refractivity contribution in [2.24, 2.45) is 0 Å². The highest BCUT2D eigenvalue weighted by Crippen LogP contribution is 2.19. The van der Waals surface area contributed by atoms with E-state index in [4.69, 9.17) is 11.6 Å². The van der Waals surface area contributed by atoms with Gasteiger partial charge in [0.05, 0.1) is 17.5 Å².